The average Bonchev–Trinajstić information content (AvgIpc) is 3.24. The van der Waals surface area contributed by atoms with E-state index in [2.05, 4.69) is 46.2 Å². The molecule has 3 heterocycles. The zero-order valence-electron chi connectivity index (χ0n) is 15.6. The molecule has 0 saturated carbocycles. The van der Waals surface area contributed by atoms with E-state index < -0.39 is 0 Å². The maximum Gasteiger partial charge on any atom is 0.258 e. The van der Waals surface area contributed by atoms with Crippen LogP contribution in [0.3, 0.4) is 0 Å². The zero-order chi connectivity index (χ0) is 18.9. The van der Waals surface area contributed by atoms with E-state index in [1.54, 1.807) is 0 Å². The van der Waals surface area contributed by atoms with Gasteiger partial charge in [-0.1, -0.05) is 35.0 Å². The molecule has 6 heteroatoms. The van der Waals surface area contributed by atoms with Gasteiger partial charge in [0.25, 0.3) is 5.89 Å². The summed E-state index contributed by atoms with van der Waals surface area (Å²) in [5, 5.41) is 5.33. The predicted molar refractivity (Wildman–Crippen MR) is 108 cm³/mol. The molecule has 5 rings (SSSR count). The first kappa shape index (κ1) is 16.9. The third-order valence-electron chi connectivity index (χ3n) is 4.95. The number of morpholine rings is 1. The summed E-state index contributed by atoms with van der Waals surface area (Å²) < 4.78 is 11.1. The second-order valence-corrected chi connectivity index (χ2v) is 6.94. The molecule has 0 N–H and O–H groups in total. The summed E-state index contributed by atoms with van der Waals surface area (Å²) in [4.78, 5) is 11.8. The van der Waals surface area contributed by atoms with Crippen LogP contribution in [-0.2, 0) is 4.74 Å². The summed E-state index contributed by atoms with van der Waals surface area (Å²) in [5.41, 5.74) is 3.93. The molecule has 1 saturated heterocycles. The molecule has 2 aromatic heterocycles. The zero-order valence-corrected chi connectivity index (χ0v) is 15.6. The van der Waals surface area contributed by atoms with Gasteiger partial charge < -0.3 is 14.2 Å². The molecule has 6 nitrogen and oxygen atoms in total. The van der Waals surface area contributed by atoms with Gasteiger partial charge in [0.15, 0.2) is 0 Å². The van der Waals surface area contributed by atoms with Gasteiger partial charge in [-0.05, 0) is 37.3 Å². The number of hydrogen-bond acceptors (Lipinski definition) is 6. The van der Waals surface area contributed by atoms with E-state index in [0.717, 1.165) is 40.9 Å². The molecule has 1 fully saturated rings. The van der Waals surface area contributed by atoms with E-state index in [-0.39, 0.29) is 0 Å². The lowest BCUT2D eigenvalue weighted by molar-refractivity contribution is 0.122. The van der Waals surface area contributed by atoms with E-state index >= 15 is 0 Å². The van der Waals surface area contributed by atoms with Crippen molar-refractivity contribution in [1.82, 2.24) is 15.1 Å². The highest BCUT2D eigenvalue weighted by Gasteiger charge is 2.22. The first-order chi connectivity index (χ1) is 13.8. The van der Waals surface area contributed by atoms with Crippen LogP contribution in [0.4, 0.5) is 5.82 Å². The number of pyridine rings is 1. The summed E-state index contributed by atoms with van der Waals surface area (Å²) in [5.74, 6) is 1.93. The van der Waals surface area contributed by atoms with Crippen molar-refractivity contribution in [3.63, 3.8) is 0 Å². The van der Waals surface area contributed by atoms with Crippen LogP contribution in [0.2, 0.25) is 0 Å². The molecular weight excluding hydrogens is 352 g/mol. The molecule has 0 spiro atoms. The number of benzene rings is 2. The Bertz CT molecular complexity index is 1120. The molecule has 0 bridgehead atoms. The topological polar surface area (TPSA) is 64.3 Å². The lowest BCUT2D eigenvalue weighted by atomic mass is 10.1. The number of aryl methyl sites for hydroxylation is 1. The smallest absolute Gasteiger partial charge is 0.258 e. The summed E-state index contributed by atoms with van der Waals surface area (Å²) in [6.07, 6.45) is 0. The molecule has 0 unspecified atom stereocenters. The van der Waals surface area contributed by atoms with Crippen molar-refractivity contribution in [2.75, 3.05) is 31.2 Å². The number of aromatic nitrogens is 3. The SMILES string of the molecule is Cc1ccc2nc(N3CCOCC3)c(-c3noc(-c4ccccc4)n3)cc2c1. The molecule has 2 aromatic carbocycles. The highest BCUT2D eigenvalue weighted by molar-refractivity contribution is 5.88. The molecule has 140 valence electrons. The number of fused-ring (bicyclic) bond motifs is 1. The maximum absolute atomic E-state index is 5.55. The van der Waals surface area contributed by atoms with Gasteiger partial charge in [0.2, 0.25) is 5.82 Å². The fraction of sp³-hybridized carbons (Fsp3) is 0.227. The van der Waals surface area contributed by atoms with Gasteiger partial charge in [-0.3, -0.25) is 0 Å². The van der Waals surface area contributed by atoms with E-state index in [1.165, 1.54) is 5.56 Å². The highest BCUT2D eigenvalue weighted by atomic mass is 16.5. The Morgan fingerprint density at radius 2 is 1.75 bits per heavy atom. The Morgan fingerprint density at radius 3 is 2.57 bits per heavy atom. The molecule has 1 aliphatic rings. The molecule has 0 aliphatic carbocycles. The van der Waals surface area contributed by atoms with Crippen molar-refractivity contribution < 1.29 is 9.26 Å². The van der Waals surface area contributed by atoms with Gasteiger partial charge in [-0.2, -0.15) is 4.98 Å². The molecule has 28 heavy (non-hydrogen) atoms. The average molecular weight is 372 g/mol. The van der Waals surface area contributed by atoms with E-state index in [4.69, 9.17) is 14.2 Å². The highest BCUT2D eigenvalue weighted by Crippen LogP contribution is 2.33. The monoisotopic (exact) mass is 372 g/mol. The molecule has 0 amide bonds. The second-order valence-electron chi connectivity index (χ2n) is 6.94. The summed E-state index contributed by atoms with van der Waals surface area (Å²) >= 11 is 0. The first-order valence-electron chi connectivity index (χ1n) is 9.41. The standard InChI is InChI=1S/C22H20N4O2/c1-15-7-8-19-17(13-15)14-18(21(23-19)26-9-11-27-12-10-26)20-24-22(28-25-20)16-5-3-2-4-6-16/h2-8,13-14H,9-12H2,1H3. The lowest BCUT2D eigenvalue weighted by Crippen LogP contribution is -2.37. The Balaban J connectivity index is 1.65. The number of rotatable bonds is 3. The number of nitrogens with zero attached hydrogens (tertiary/aromatic N) is 4. The van der Waals surface area contributed by atoms with Crippen LogP contribution in [0.1, 0.15) is 5.56 Å². The molecule has 0 radical (unpaired) electrons. The van der Waals surface area contributed by atoms with Crippen molar-refractivity contribution in [2.45, 2.75) is 6.92 Å². The minimum Gasteiger partial charge on any atom is -0.378 e. The quantitative estimate of drug-likeness (QED) is 0.540. The van der Waals surface area contributed by atoms with Crippen LogP contribution in [-0.4, -0.2) is 41.4 Å². The summed E-state index contributed by atoms with van der Waals surface area (Å²) in [6.45, 7) is 5.04. The summed E-state index contributed by atoms with van der Waals surface area (Å²) in [6, 6.07) is 18.2. The molecule has 0 atom stereocenters. The Kier molecular flexibility index (Phi) is 4.25. The second kappa shape index (κ2) is 7.05. The largest absolute Gasteiger partial charge is 0.378 e. The van der Waals surface area contributed by atoms with E-state index in [0.29, 0.717) is 24.9 Å². The third-order valence-corrected chi connectivity index (χ3v) is 4.95. The van der Waals surface area contributed by atoms with Crippen molar-refractivity contribution in [1.29, 1.82) is 0 Å². The fourth-order valence-corrected chi connectivity index (χ4v) is 3.50. The van der Waals surface area contributed by atoms with Crippen LogP contribution in [0.5, 0.6) is 0 Å². The number of hydrogen-bond donors (Lipinski definition) is 0. The van der Waals surface area contributed by atoms with Crippen LogP contribution >= 0.6 is 0 Å². The number of ether oxygens (including phenoxy) is 1. The third kappa shape index (κ3) is 3.12. The van der Waals surface area contributed by atoms with Gasteiger partial charge in [-0.15, -0.1) is 0 Å². The van der Waals surface area contributed by atoms with Crippen LogP contribution in [0.15, 0.2) is 59.1 Å². The molecule has 4 aromatic rings. The lowest BCUT2D eigenvalue weighted by Gasteiger charge is -2.29. The van der Waals surface area contributed by atoms with Gasteiger partial charge in [0.05, 0.1) is 24.3 Å². The van der Waals surface area contributed by atoms with Crippen molar-refractivity contribution >= 4 is 16.7 Å². The molecule has 1 aliphatic heterocycles. The Labute approximate surface area is 162 Å². The van der Waals surface area contributed by atoms with Gasteiger partial charge in [0, 0.05) is 24.0 Å². The van der Waals surface area contributed by atoms with Crippen LogP contribution in [0, 0.1) is 6.92 Å². The van der Waals surface area contributed by atoms with Crippen LogP contribution < -0.4 is 4.90 Å². The minimum atomic E-state index is 0.507. The van der Waals surface area contributed by atoms with Gasteiger partial charge in [0.1, 0.15) is 5.82 Å². The van der Waals surface area contributed by atoms with Crippen molar-refractivity contribution in [2.24, 2.45) is 0 Å². The predicted octanol–water partition coefficient (Wildman–Crippen LogP) is 4.10. The minimum absolute atomic E-state index is 0.507. The number of anilines is 1. The van der Waals surface area contributed by atoms with Crippen LogP contribution in [0.25, 0.3) is 33.7 Å². The van der Waals surface area contributed by atoms with Crippen molar-refractivity contribution in [3.8, 4) is 22.8 Å². The van der Waals surface area contributed by atoms with Gasteiger partial charge in [-0.25, -0.2) is 4.98 Å². The maximum atomic E-state index is 5.55. The van der Waals surface area contributed by atoms with E-state index in [1.807, 2.05) is 30.3 Å². The normalized spacial score (nSPS) is 14.5. The fourth-order valence-electron chi connectivity index (χ4n) is 3.50. The summed E-state index contributed by atoms with van der Waals surface area (Å²) in [7, 11) is 0. The Hall–Kier alpha value is -3.25. The van der Waals surface area contributed by atoms with E-state index in [9.17, 15) is 0 Å². The Morgan fingerprint density at radius 1 is 0.929 bits per heavy atom. The van der Waals surface area contributed by atoms with Crippen molar-refractivity contribution in [3.05, 3.63) is 60.2 Å². The molecular formula is C22H20N4O2. The first-order valence-corrected chi connectivity index (χ1v) is 9.41. The van der Waals surface area contributed by atoms with Gasteiger partial charge >= 0.3 is 0 Å².